The zero-order valence-electron chi connectivity index (χ0n) is 9.20. The SMILES string of the molecule is CCCCc1ccc2c(c1)C(O)CCO2. The molecule has 0 aliphatic carbocycles. The molecule has 2 heteroatoms. The van der Waals surface area contributed by atoms with Crippen molar-refractivity contribution >= 4 is 0 Å². The summed E-state index contributed by atoms with van der Waals surface area (Å²) in [6, 6.07) is 6.18. The van der Waals surface area contributed by atoms with Gasteiger partial charge in [0.25, 0.3) is 0 Å². The topological polar surface area (TPSA) is 29.5 Å². The van der Waals surface area contributed by atoms with E-state index in [1.165, 1.54) is 18.4 Å². The number of hydrogen-bond acceptors (Lipinski definition) is 2. The van der Waals surface area contributed by atoms with Crippen molar-refractivity contribution in [2.45, 2.75) is 38.7 Å². The first kappa shape index (κ1) is 10.5. The second kappa shape index (κ2) is 4.67. The average Bonchev–Trinajstić information content (AvgIpc) is 2.27. The lowest BCUT2D eigenvalue weighted by Crippen LogP contribution is -2.13. The third-order valence-corrected chi connectivity index (χ3v) is 2.90. The van der Waals surface area contributed by atoms with Gasteiger partial charge in [0.05, 0.1) is 12.7 Å². The highest BCUT2D eigenvalue weighted by Crippen LogP contribution is 2.32. The number of hydrogen-bond donors (Lipinski definition) is 1. The Bertz CT molecular complexity index is 333. The molecule has 1 heterocycles. The lowest BCUT2D eigenvalue weighted by atomic mass is 9.98. The summed E-state index contributed by atoms with van der Waals surface area (Å²) in [6.45, 7) is 2.82. The molecule has 1 N–H and O–H groups in total. The van der Waals surface area contributed by atoms with Crippen molar-refractivity contribution in [2.75, 3.05) is 6.61 Å². The standard InChI is InChI=1S/C13H18O2/c1-2-3-4-10-5-6-13-11(9-10)12(14)7-8-15-13/h5-6,9,12,14H,2-4,7-8H2,1H3. The molecule has 1 aliphatic heterocycles. The monoisotopic (exact) mass is 206 g/mol. The van der Waals surface area contributed by atoms with Crippen molar-refractivity contribution in [3.63, 3.8) is 0 Å². The fraction of sp³-hybridized carbons (Fsp3) is 0.538. The Labute approximate surface area is 90.9 Å². The van der Waals surface area contributed by atoms with Crippen molar-refractivity contribution in [1.82, 2.24) is 0 Å². The van der Waals surface area contributed by atoms with Gasteiger partial charge >= 0.3 is 0 Å². The number of aliphatic hydroxyl groups is 1. The second-order valence-electron chi connectivity index (χ2n) is 4.13. The van der Waals surface area contributed by atoms with Gasteiger partial charge in [0.15, 0.2) is 0 Å². The molecule has 1 aromatic carbocycles. The van der Waals surface area contributed by atoms with Crippen LogP contribution in [-0.4, -0.2) is 11.7 Å². The van der Waals surface area contributed by atoms with Crippen molar-refractivity contribution in [2.24, 2.45) is 0 Å². The molecule has 2 rings (SSSR count). The molecule has 1 aromatic rings. The minimum Gasteiger partial charge on any atom is -0.493 e. The van der Waals surface area contributed by atoms with Crippen LogP contribution in [0.15, 0.2) is 18.2 Å². The maximum atomic E-state index is 9.83. The number of fused-ring (bicyclic) bond motifs is 1. The van der Waals surface area contributed by atoms with Gasteiger partial charge in [-0.3, -0.25) is 0 Å². The third-order valence-electron chi connectivity index (χ3n) is 2.90. The summed E-state index contributed by atoms with van der Waals surface area (Å²) >= 11 is 0. The zero-order chi connectivity index (χ0) is 10.7. The Morgan fingerprint density at radius 1 is 1.47 bits per heavy atom. The van der Waals surface area contributed by atoms with E-state index >= 15 is 0 Å². The molecule has 15 heavy (non-hydrogen) atoms. The smallest absolute Gasteiger partial charge is 0.125 e. The van der Waals surface area contributed by atoms with Crippen molar-refractivity contribution in [3.05, 3.63) is 29.3 Å². The molecule has 1 unspecified atom stereocenters. The molecule has 0 saturated carbocycles. The summed E-state index contributed by atoms with van der Waals surface area (Å²) in [6.07, 6.45) is 3.88. The van der Waals surface area contributed by atoms with E-state index in [1.54, 1.807) is 0 Å². The predicted octanol–water partition coefficient (Wildman–Crippen LogP) is 2.85. The van der Waals surface area contributed by atoms with Gasteiger partial charge in [-0.25, -0.2) is 0 Å². The van der Waals surface area contributed by atoms with Gasteiger partial charge in [-0.2, -0.15) is 0 Å². The molecule has 1 atom stereocenters. The number of aryl methyl sites for hydroxylation is 1. The summed E-state index contributed by atoms with van der Waals surface area (Å²) < 4.78 is 5.49. The molecule has 0 radical (unpaired) electrons. The Morgan fingerprint density at radius 2 is 2.33 bits per heavy atom. The molecular formula is C13H18O2. The van der Waals surface area contributed by atoms with Crippen LogP contribution in [0.2, 0.25) is 0 Å². The summed E-state index contributed by atoms with van der Waals surface area (Å²) in [7, 11) is 0. The van der Waals surface area contributed by atoms with Crippen LogP contribution in [0.3, 0.4) is 0 Å². The van der Waals surface area contributed by atoms with Crippen molar-refractivity contribution in [3.8, 4) is 5.75 Å². The number of unbranched alkanes of at least 4 members (excludes halogenated alkanes) is 1. The van der Waals surface area contributed by atoms with Crippen LogP contribution in [0.25, 0.3) is 0 Å². The van der Waals surface area contributed by atoms with Crippen LogP contribution in [0.4, 0.5) is 0 Å². The lowest BCUT2D eigenvalue weighted by Gasteiger charge is -2.22. The number of aliphatic hydroxyl groups excluding tert-OH is 1. The molecule has 0 spiro atoms. The van der Waals surface area contributed by atoms with Gasteiger partial charge in [-0.15, -0.1) is 0 Å². The normalized spacial score (nSPS) is 19.5. The summed E-state index contributed by atoms with van der Waals surface area (Å²) in [4.78, 5) is 0. The fourth-order valence-corrected chi connectivity index (χ4v) is 1.96. The highest BCUT2D eigenvalue weighted by Gasteiger charge is 2.18. The minimum absolute atomic E-state index is 0.338. The second-order valence-corrected chi connectivity index (χ2v) is 4.13. The summed E-state index contributed by atoms with van der Waals surface area (Å²) in [5.41, 5.74) is 2.27. The Morgan fingerprint density at radius 3 is 3.13 bits per heavy atom. The Balaban J connectivity index is 2.19. The third kappa shape index (κ3) is 2.32. The maximum absolute atomic E-state index is 9.83. The molecule has 82 valence electrons. The summed E-state index contributed by atoms with van der Waals surface area (Å²) in [5, 5.41) is 9.83. The molecule has 1 aliphatic rings. The largest absolute Gasteiger partial charge is 0.493 e. The van der Waals surface area contributed by atoms with E-state index in [4.69, 9.17) is 4.74 Å². The molecule has 0 saturated heterocycles. The van der Waals surface area contributed by atoms with E-state index < -0.39 is 0 Å². The predicted molar refractivity (Wildman–Crippen MR) is 60.1 cm³/mol. The number of benzene rings is 1. The molecular weight excluding hydrogens is 188 g/mol. The maximum Gasteiger partial charge on any atom is 0.125 e. The Hall–Kier alpha value is -1.02. The summed E-state index contributed by atoms with van der Waals surface area (Å²) in [5.74, 6) is 0.856. The van der Waals surface area contributed by atoms with E-state index in [1.807, 2.05) is 6.07 Å². The highest BCUT2D eigenvalue weighted by molar-refractivity contribution is 5.40. The van der Waals surface area contributed by atoms with E-state index in [9.17, 15) is 5.11 Å². The van der Waals surface area contributed by atoms with E-state index in [2.05, 4.69) is 19.1 Å². The fourth-order valence-electron chi connectivity index (χ4n) is 1.96. The average molecular weight is 206 g/mol. The zero-order valence-corrected chi connectivity index (χ0v) is 9.20. The van der Waals surface area contributed by atoms with Crippen molar-refractivity contribution < 1.29 is 9.84 Å². The minimum atomic E-state index is -0.338. The number of rotatable bonds is 3. The highest BCUT2D eigenvalue weighted by atomic mass is 16.5. The van der Waals surface area contributed by atoms with Crippen LogP contribution in [0.1, 0.15) is 43.4 Å². The van der Waals surface area contributed by atoms with Crippen LogP contribution in [0.5, 0.6) is 5.75 Å². The van der Waals surface area contributed by atoms with Crippen LogP contribution in [-0.2, 0) is 6.42 Å². The van der Waals surface area contributed by atoms with E-state index in [0.717, 1.165) is 17.7 Å². The molecule has 2 nitrogen and oxygen atoms in total. The first-order valence-corrected chi connectivity index (χ1v) is 5.75. The first-order chi connectivity index (χ1) is 7.31. The van der Waals surface area contributed by atoms with Crippen molar-refractivity contribution in [1.29, 1.82) is 0 Å². The number of ether oxygens (including phenoxy) is 1. The lowest BCUT2D eigenvalue weighted by molar-refractivity contribution is 0.115. The van der Waals surface area contributed by atoms with Gasteiger partial charge in [-0.05, 0) is 30.5 Å². The van der Waals surface area contributed by atoms with Gasteiger partial charge in [-0.1, -0.05) is 19.4 Å². The van der Waals surface area contributed by atoms with Crippen LogP contribution >= 0.6 is 0 Å². The van der Waals surface area contributed by atoms with Crippen LogP contribution < -0.4 is 4.74 Å². The van der Waals surface area contributed by atoms with Gasteiger partial charge < -0.3 is 9.84 Å². The molecule has 0 amide bonds. The molecule has 0 bridgehead atoms. The van der Waals surface area contributed by atoms with E-state index in [-0.39, 0.29) is 6.10 Å². The first-order valence-electron chi connectivity index (χ1n) is 5.75. The van der Waals surface area contributed by atoms with E-state index in [0.29, 0.717) is 13.0 Å². The molecule has 0 fully saturated rings. The Kier molecular flexibility index (Phi) is 3.27. The quantitative estimate of drug-likeness (QED) is 0.824. The van der Waals surface area contributed by atoms with Crippen LogP contribution in [0, 0.1) is 0 Å². The van der Waals surface area contributed by atoms with Gasteiger partial charge in [0.2, 0.25) is 0 Å². The van der Waals surface area contributed by atoms with Gasteiger partial charge in [0.1, 0.15) is 5.75 Å². The van der Waals surface area contributed by atoms with Gasteiger partial charge in [0, 0.05) is 12.0 Å². The molecule has 0 aromatic heterocycles.